The Morgan fingerprint density at radius 2 is 1.86 bits per heavy atom. The smallest absolute Gasteiger partial charge is 0.256 e. The minimum Gasteiger partial charge on any atom is -0.352 e. The molecule has 28 heavy (non-hydrogen) atoms. The van der Waals surface area contributed by atoms with Crippen molar-refractivity contribution in [3.8, 4) is 0 Å². The van der Waals surface area contributed by atoms with Gasteiger partial charge in [-0.2, -0.15) is 5.10 Å². The number of amides is 3. The second-order valence-electron chi connectivity index (χ2n) is 6.58. The molecular formula is C19H20ClFN4O3. The van der Waals surface area contributed by atoms with E-state index in [1.807, 2.05) is 0 Å². The first kappa shape index (κ1) is 20.0. The van der Waals surface area contributed by atoms with Gasteiger partial charge in [-0.1, -0.05) is 23.7 Å². The van der Waals surface area contributed by atoms with Crippen molar-refractivity contribution in [2.75, 3.05) is 13.1 Å². The lowest BCUT2D eigenvalue weighted by Crippen LogP contribution is -2.33. The molecule has 0 atom stereocenters. The summed E-state index contributed by atoms with van der Waals surface area (Å²) in [6.45, 7) is 2.58. The predicted molar refractivity (Wildman–Crippen MR) is 100 cm³/mol. The van der Waals surface area contributed by atoms with Crippen molar-refractivity contribution in [3.63, 3.8) is 0 Å². The minimum atomic E-state index is -0.369. The van der Waals surface area contributed by atoms with Gasteiger partial charge in [0, 0.05) is 25.9 Å². The third-order valence-corrected chi connectivity index (χ3v) is 4.92. The number of aromatic nitrogens is 2. The monoisotopic (exact) mass is 406 g/mol. The van der Waals surface area contributed by atoms with Crippen LogP contribution in [0.5, 0.6) is 0 Å². The Balaban J connectivity index is 1.57. The van der Waals surface area contributed by atoms with E-state index in [0.29, 0.717) is 25.2 Å². The summed E-state index contributed by atoms with van der Waals surface area (Å²) < 4.78 is 14.5. The number of nitrogens with zero attached hydrogens (tertiary/aromatic N) is 3. The van der Waals surface area contributed by atoms with Gasteiger partial charge < -0.3 is 5.32 Å². The quantitative estimate of drug-likeness (QED) is 0.565. The molecule has 3 rings (SSSR count). The van der Waals surface area contributed by atoms with E-state index < -0.39 is 0 Å². The van der Waals surface area contributed by atoms with Crippen molar-refractivity contribution in [1.29, 1.82) is 0 Å². The van der Waals surface area contributed by atoms with Crippen LogP contribution in [0.15, 0.2) is 24.3 Å². The zero-order valence-corrected chi connectivity index (χ0v) is 16.1. The van der Waals surface area contributed by atoms with Gasteiger partial charge >= 0.3 is 0 Å². The summed E-state index contributed by atoms with van der Waals surface area (Å²) in [7, 11) is 0. The maximum absolute atomic E-state index is 13.0. The van der Waals surface area contributed by atoms with Crippen molar-refractivity contribution < 1.29 is 18.8 Å². The average Bonchev–Trinajstić information content (AvgIpc) is 3.12. The molecule has 1 fully saturated rings. The van der Waals surface area contributed by atoms with Crippen LogP contribution in [0.1, 0.15) is 40.9 Å². The number of hydrogen-bond donors (Lipinski definition) is 1. The molecule has 2 aromatic rings. The molecule has 0 unspecified atom stereocenters. The van der Waals surface area contributed by atoms with Crippen LogP contribution in [0.2, 0.25) is 5.15 Å². The number of likely N-dealkylation sites (tertiary alicyclic amines) is 1. The average molecular weight is 407 g/mol. The zero-order chi connectivity index (χ0) is 20.3. The highest BCUT2D eigenvalue weighted by atomic mass is 35.5. The zero-order valence-electron chi connectivity index (χ0n) is 15.4. The van der Waals surface area contributed by atoms with E-state index in [0.717, 1.165) is 5.56 Å². The first-order valence-electron chi connectivity index (χ1n) is 8.95. The van der Waals surface area contributed by atoms with Crippen molar-refractivity contribution >= 4 is 29.3 Å². The maximum Gasteiger partial charge on any atom is 0.256 e. The summed E-state index contributed by atoms with van der Waals surface area (Å²) in [4.78, 5) is 36.8. The van der Waals surface area contributed by atoms with Gasteiger partial charge in [-0.3, -0.25) is 19.3 Å². The molecule has 0 bridgehead atoms. The van der Waals surface area contributed by atoms with E-state index in [9.17, 15) is 18.8 Å². The molecule has 1 aliphatic rings. The predicted octanol–water partition coefficient (Wildman–Crippen LogP) is 2.30. The topological polar surface area (TPSA) is 84.3 Å². The van der Waals surface area contributed by atoms with Crippen LogP contribution in [-0.4, -0.2) is 45.5 Å². The highest BCUT2D eigenvalue weighted by Crippen LogP contribution is 2.21. The first-order valence-corrected chi connectivity index (χ1v) is 9.33. The molecular weight excluding hydrogens is 387 g/mol. The molecule has 0 spiro atoms. The second-order valence-corrected chi connectivity index (χ2v) is 6.94. The molecule has 0 aliphatic carbocycles. The molecule has 3 amide bonds. The lowest BCUT2D eigenvalue weighted by molar-refractivity contribution is -0.138. The van der Waals surface area contributed by atoms with E-state index in [4.69, 9.17) is 11.6 Å². The largest absolute Gasteiger partial charge is 0.352 e. The minimum absolute atomic E-state index is 0.169. The van der Waals surface area contributed by atoms with Crippen LogP contribution < -0.4 is 5.32 Å². The van der Waals surface area contributed by atoms with Crippen molar-refractivity contribution in [3.05, 3.63) is 52.1 Å². The van der Waals surface area contributed by atoms with Gasteiger partial charge in [0.05, 0.1) is 17.8 Å². The molecule has 1 N–H and O–H groups in total. The highest BCUT2D eigenvalue weighted by molar-refractivity contribution is 6.33. The van der Waals surface area contributed by atoms with Gasteiger partial charge in [-0.25, -0.2) is 9.07 Å². The second kappa shape index (κ2) is 8.52. The number of carbonyl (C=O) groups excluding carboxylic acids is 3. The van der Waals surface area contributed by atoms with Gasteiger partial charge in [0.1, 0.15) is 11.0 Å². The van der Waals surface area contributed by atoms with Crippen LogP contribution in [0, 0.1) is 12.7 Å². The molecule has 1 aromatic heterocycles. The number of imide groups is 1. The van der Waals surface area contributed by atoms with Gasteiger partial charge in [0.25, 0.3) is 5.91 Å². The molecule has 1 aromatic carbocycles. The number of aryl methyl sites for hydroxylation is 1. The SMILES string of the molecule is Cc1nn(Cc2ccc(F)cc2)c(Cl)c1C(=O)NCCCN1C(=O)CCC1=O. The van der Waals surface area contributed by atoms with Gasteiger partial charge in [-0.15, -0.1) is 0 Å². The Labute approximate surface area is 166 Å². The summed E-state index contributed by atoms with van der Waals surface area (Å²) in [6, 6.07) is 5.96. The van der Waals surface area contributed by atoms with Crippen molar-refractivity contribution in [2.24, 2.45) is 0 Å². The third-order valence-electron chi connectivity index (χ3n) is 4.54. The molecule has 0 radical (unpaired) electrons. The lowest BCUT2D eigenvalue weighted by Gasteiger charge is -2.13. The number of rotatable bonds is 7. The van der Waals surface area contributed by atoms with E-state index in [-0.39, 0.29) is 53.6 Å². The molecule has 7 nitrogen and oxygen atoms in total. The first-order chi connectivity index (χ1) is 13.4. The third kappa shape index (κ3) is 4.39. The Hall–Kier alpha value is -2.74. The van der Waals surface area contributed by atoms with Crippen LogP contribution in [0.25, 0.3) is 0 Å². The molecule has 1 saturated heterocycles. The van der Waals surface area contributed by atoms with Gasteiger partial charge in [-0.05, 0) is 31.0 Å². The Morgan fingerprint density at radius 3 is 2.50 bits per heavy atom. The van der Waals surface area contributed by atoms with Crippen LogP contribution >= 0.6 is 11.6 Å². The Morgan fingerprint density at radius 1 is 1.21 bits per heavy atom. The van der Waals surface area contributed by atoms with Crippen molar-refractivity contribution in [2.45, 2.75) is 32.7 Å². The van der Waals surface area contributed by atoms with Crippen molar-refractivity contribution in [1.82, 2.24) is 20.0 Å². The van der Waals surface area contributed by atoms with Crippen LogP contribution in [0.4, 0.5) is 4.39 Å². The summed E-state index contributed by atoms with van der Waals surface area (Å²) in [5.74, 6) is -1.04. The number of benzene rings is 1. The number of hydrogen-bond acceptors (Lipinski definition) is 4. The fourth-order valence-electron chi connectivity index (χ4n) is 3.08. The normalized spacial score (nSPS) is 14.0. The summed E-state index contributed by atoms with van der Waals surface area (Å²) in [5.41, 5.74) is 1.56. The Bertz CT molecular complexity index is 895. The molecule has 148 valence electrons. The van der Waals surface area contributed by atoms with E-state index >= 15 is 0 Å². The number of carbonyl (C=O) groups is 3. The molecule has 0 saturated carbocycles. The fourth-order valence-corrected chi connectivity index (χ4v) is 3.40. The highest BCUT2D eigenvalue weighted by Gasteiger charge is 2.28. The number of halogens is 2. The van der Waals surface area contributed by atoms with E-state index in [1.54, 1.807) is 19.1 Å². The lowest BCUT2D eigenvalue weighted by atomic mass is 10.2. The maximum atomic E-state index is 13.0. The van der Waals surface area contributed by atoms with Gasteiger partial charge in [0.15, 0.2) is 0 Å². The molecule has 1 aliphatic heterocycles. The summed E-state index contributed by atoms with van der Waals surface area (Å²) >= 11 is 6.33. The van der Waals surface area contributed by atoms with E-state index in [2.05, 4.69) is 10.4 Å². The standard InChI is InChI=1S/C19H20ClFN4O3/c1-12-17(18(20)25(23-12)11-13-3-5-14(21)6-4-13)19(28)22-9-2-10-24-15(26)7-8-16(24)27/h3-6H,2,7-11H2,1H3,(H,22,28). The fraction of sp³-hybridized carbons (Fsp3) is 0.368. The summed E-state index contributed by atoms with van der Waals surface area (Å²) in [6.07, 6.45) is 0.976. The van der Waals surface area contributed by atoms with Crippen LogP contribution in [0.3, 0.4) is 0 Å². The molecule has 2 heterocycles. The summed E-state index contributed by atoms with van der Waals surface area (Å²) in [5, 5.41) is 7.23. The Kier molecular flexibility index (Phi) is 6.08. The molecule has 9 heteroatoms. The van der Waals surface area contributed by atoms with Gasteiger partial charge in [0.2, 0.25) is 11.8 Å². The number of nitrogens with one attached hydrogen (secondary N) is 1. The van der Waals surface area contributed by atoms with Crippen LogP contribution in [-0.2, 0) is 16.1 Å². The van der Waals surface area contributed by atoms with E-state index in [1.165, 1.54) is 21.7 Å².